The van der Waals surface area contributed by atoms with E-state index >= 15 is 4.79 Å². The molecule has 2 aromatic carbocycles. The van der Waals surface area contributed by atoms with Crippen molar-refractivity contribution in [1.29, 1.82) is 0 Å². The zero-order valence-electron chi connectivity index (χ0n) is 36.1. The lowest BCUT2D eigenvalue weighted by Crippen LogP contribution is -2.68. The minimum absolute atomic E-state index is 0.0267. The van der Waals surface area contributed by atoms with Crippen LogP contribution in [0.25, 0.3) is 0 Å². The topological polar surface area (TPSA) is 133 Å². The average Bonchev–Trinajstić information content (AvgIpc) is 3.60. The largest absolute Gasteiger partial charge is 0.519 e. The van der Waals surface area contributed by atoms with Crippen LogP contribution in [0.4, 0.5) is 0 Å². The Kier molecular flexibility index (Phi) is 10.2. The Morgan fingerprint density at radius 3 is 2.05 bits per heavy atom. The molecular weight excluding hydrogens is 745 g/mol. The van der Waals surface area contributed by atoms with Crippen molar-refractivity contribution in [2.75, 3.05) is 0 Å². The number of aliphatic hydroxyl groups excluding tert-OH is 1. The second-order valence-corrected chi connectivity index (χ2v) is 20.7. The van der Waals surface area contributed by atoms with Gasteiger partial charge in [0.15, 0.2) is 30.0 Å². The number of benzene rings is 2. The summed E-state index contributed by atoms with van der Waals surface area (Å²) in [4.78, 5) is 55.9. The van der Waals surface area contributed by atoms with Crippen LogP contribution in [0.15, 0.2) is 85.9 Å². The van der Waals surface area contributed by atoms with Gasteiger partial charge in [-0.15, -0.1) is 0 Å². The van der Waals surface area contributed by atoms with Gasteiger partial charge < -0.3 is 23.4 Å². The van der Waals surface area contributed by atoms with Crippen LogP contribution >= 0.6 is 0 Å². The first-order chi connectivity index (χ1) is 27.8. The number of esters is 2. The number of rotatable bonds is 8. The third-order valence-electron chi connectivity index (χ3n) is 17.1. The zero-order chi connectivity index (χ0) is 42.3. The van der Waals surface area contributed by atoms with Gasteiger partial charge in [0.1, 0.15) is 0 Å². The highest BCUT2D eigenvalue weighted by molar-refractivity contribution is 5.96. The molecule has 0 amide bonds. The van der Waals surface area contributed by atoms with E-state index in [1.165, 1.54) is 5.57 Å². The first kappa shape index (κ1) is 41.5. The number of fused-ring (bicyclic) bond motifs is 7. The minimum Gasteiger partial charge on any atom is -0.457 e. The number of carbonyl (C=O) groups is 3. The van der Waals surface area contributed by atoms with Gasteiger partial charge in [0, 0.05) is 11.8 Å². The maximum Gasteiger partial charge on any atom is 0.519 e. The second-order valence-electron chi connectivity index (χ2n) is 20.7. The van der Waals surface area contributed by atoms with Crippen LogP contribution < -0.4 is 5.82 Å². The first-order valence-corrected chi connectivity index (χ1v) is 21.9. The standard InChI is InChI=1S/C50H62O9/c1-30(2)39-36(57-44(55)59-39)29-56-43(54)50(8)37-19-22-49(7)41(47(37,5)21-20-38(50)52)35(51)27-33-34-28-46(4,24-23-45(34,3)25-26-48(33,49)6)42(53)58-40(31-15-11-9-12-16-31)32-17-13-10-14-18-32/h9-18,27,30,34,37-38,40-41,52H,19-26,28-29H2,1-8H3/t34-,37+,38-,41+,45+,46-,47-,48+,49+,50-/m0/s1. The fraction of sp³-hybridized carbons (Fsp3) is 0.600. The molecule has 10 atom stereocenters. The van der Waals surface area contributed by atoms with Crippen molar-refractivity contribution in [3.63, 3.8) is 0 Å². The molecular formula is C50H62O9. The molecule has 5 aliphatic rings. The molecule has 4 saturated carbocycles. The predicted octanol–water partition coefficient (Wildman–Crippen LogP) is 10.1. The van der Waals surface area contributed by atoms with Crippen molar-refractivity contribution in [3.8, 4) is 0 Å². The fourth-order valence-electron chi connectivity index (χ4n) is 13.3. The molecule has 0 radical (unpaired) electrons. The highest BCUT2D eigenvalue weighted by Crippen LogP contribution is 2.75. The van der Waals surface area contributed by atoms with E-state index in [4.69, 9.17) is 18.3 Å². The van der Waals surface area contributed by atoms with Gasteiger partial charge in [0.2, 0.25) is 0 Å². The van der Waals surface area contributed by atoms with Gasteiger partial charge >= 0.3 is 17.8 Å². The first-order valence-electron chi connectivity index (χ1n) is 21.9. The van der Waals surface area contributed by atoms with Gasteiger partial charge in [0.05, 0.1) is 16.9 Å². The Hall–Kier alpha value is -4.24. The summed E-state index contributed by atoms with van der Waals surface area (Å²) in [6.07, 6.45) is 6.92. The average molecular weight is 807 g/mol. The number of ether oxygens (including phenoxy) is 2. The molecule has 0 bridgehead atoms. The molecule has 4 fully saturated rings. The minimum atomic E-state index is -1.28. The number of hydrogen-bond donors (Lipinski definition) is 1. The summed E-state index contributed by atoms with van der Waals surface area (Å²) in [5.41, 5.74) is -0.381. The fourth-order valence-corrected chi connectivity index (χ4v) is 13.3. The third kappa shape index (κ3) is 6.34. The Balaban J connectivity index is 1.09. The maximum atomic E-state index is 15.1. The molecule has 1 N–H and O–H groups in total. The Labute approximate surface area is 348 Å². The van der Waals surface area contributed by atoms with E-state index in [0.717, 1.165) is 36.8 Å². The number of hydrogen-bond acceptors (Lipinski definition) is 9. The molecule has 5 aliphatic carbocycles. The molecule has 1 heterocycles. The Morgan fingerprint density at radius 2 is 1.42 bits per heavy atom. The lowest BCUT2D eigenvalue weighted by atomic mass is 9.33. The van der Waals surface area contributed by atoms with Crippen molar-refractivity contribution in [3.05, 3.63) is 106 Å². The van der Waals surface area contributed by atoms with Crippen LogP contribution in [0, 0.1) is 50.2 Å². The van der Waals surface area contributed by atoms with Gasteiger partial charge in [0.25, 0.3) is 0 Å². The third-order valence-corrected chi connectivity index (χ3v) is 17.1. The van der Waals surface area contributed by atoms with Crippen LogP contribution in [-0.2, 0) is 30.5 Å². The van der Waals surface area contributed by atoms with Gasteiger partial charge in [-0.25, -0.2) is 4.79 Å². The van der Waals surface area contributed by atoms with Crippen LogP contribution in [-0.4, -0.2) is 28.9 Å². The molecule has 0 spiro atoms. The quantitative estimate of drug-likeness (QED) is 0.221. The molecule has 9 nitrogen and oxygen atoms in total. The van der Waals surface area contributed by atoms with E-state index in [0.29, 0.717) is 37.9 Å². The molecule has 0 aliphatic heterocycles. The van der Waals surface area contributed by atoms with E-state index in [1.54, 1.807) is 6.92 Å². The van der Waals surface area contributed by atoms with Gasteiger partial charge in [-0.2, -0.15) is 0 Å². The molecule has 59 heavy (non-hydrogen) atoms. The molecule has 0 unspecified atom stereocenters. The van der Waals surface area contributed by atoms with Crippen LogP contribution in [0.3, 0.4) is 0 Å². The van der Waals surface area contributed by atoms with Crippen molar-refractivity contribution < 1.29 is 37.8 Å². The lowest BCUT2D eigenvalue weighted by Gasteiger charge is -2.70. The van der Waals surface area contributed by atoms with Gasteiger partial charge in [-0.1, -0.05) is 108 Å². The number of aliphatic hydroxyl groups is 1. The second kappa shape index (κ2) is 14.5. The Bertz CT molecular complexity index is 2160. The molecule has 0 saturated heterocycles. The summed E-state index contributed by atoms with van der Waals surface area (Å²) in [5, 5.41) is 11.7. The predicted molar refractivity (Wildman–Crippen MR) is 222 cm³/mol. The normalized spacial score (nSPS) is 37.7. The van der Waals surface area contributed by atoms with Crippen molar-refractivity contribution in [2.45, 2.75) is 138 Å². The zero-order valence-corrected chi connectivity index (χ0v) is 36.1. The monoisotopic (exact) mass is 806 g/mol. The van der Waals surface area contributed by atoms with E-state index in [1.807, 2.05) is 80.6 Å². The van der Waals surface area contributed by atoms with E-state index < -0.39 is 45.7 Å². The highest BCUT2D eigenvalue weighted by Gasteiger charge is 2.72. The van der Waals surface area contributed by atoms with Crippen LogP contribution in [0.5, 0.6) is 0 Å². The van der Waals surface area contributed by atoms with Crippen molar-refractivity contribution >= 4 is 17.7 Å². The SMILES string of the molecule is CC(C)c1oc(=O)oc1COC(=O)[C@@]1(C)[C@@H]2CC[C@]3(C)[C@H](C(=O)C=C4[C@@H]5C[C@@](C)(C(=O)OC(c6ccccc6)c6ccccc6)CC[C@]5(C)CC[C@]43C)[C@@]2(C)CC[C@@H]1O. The van der Waals surface area contributed by atoms with Crippen LogP contribution in [0.1, 0.15) is 148 Å². The smallest absolute Gasteiger partial charge is 0.457 e. The lowest BCUT2D eigenvalue weighted by molar-refractivity contribution is -0.218. The molecule has 3 aromatic rings. The Morgan fingerprint density at radius 1 is 0.797 bits per heavy atom. The molecule has 1 aromatic heterocycles. The van der Waals surface area contributed by atoms with E-state index in [9.17, 15) is 19.5 Å². The summed E-state index contributed by atoms with van der Waals surface area (Å²) in [6.45, 7) is 16.5. The maximum absolute atomic E-state index is 15.1. The van der Waals surface area contributed by atoms with E-state index in [2.05, 4.69) is 34.6 Å². The summed E-state index contributed by atoms with van der Waals surface area (Å²) < 4.78 is 22.9. The summed E-state index contributed by atoms with van der Waals surface area (Å²) in [6, 6.07) is 19.8. The van der Waals surface area contributed by atoms with Crippen LogP contribution in [0.2, 0.25) is 0 Å². The highest BCUT2D eigenvalue weighted by atomic mass is 16.6. The number of ketones is 1. The number of carbonyl (C=O) groups excluding carboxylic acids is 3. The molecule has 9 heteroatoms. The van der Waals surface area contributed by atoms with E-state index in [-0.39, 0.29) is 58.6 Å². The summed E-state index contributed by atoms with van der Waals surface area (Å²) >= 11 is 0. The summed E-state index contributed by atoms with van der Waals surface area (Å²) in [7, 11) is 0. The molecule has 316 valence electrons. The van der Waals surface area contributed by atoms with Crippen molar-refractivity contribution in [2.24, 2.45) is 50.2 Å². The number of allylic oxidation sites excluding steroid dienone is 2. The summed E-state index contributed by atoms with van der Waals surface area (Å²) in [5.74, 6) is -1.83. The van der Waals surface area contributed by atoms with Crippen molar-refractivity contribution in [1.82, 2.24) is 0 Å². The van der Waals surface area contributed by atoms with Gasteiger partial charge in [-0.05, 0) is 122 Å². The van der Waals surface area contributed by atoms with Gasteiger partial charge in [-0.3, -0.25) is 14.4 Å². The molecule has 8 rings (SSSR count).